The fraction of sp³-hybridized carbons (Fsp3) is 0.200. The van der Waals surface area contributed by atoms with Crippen molar-refractivity contribution >= 4 is 15.7 Å². The van der Waals surface area contributed by atoms with Crippen molar-refractivity contribution in [2.45, 2.75) is 19.3 Å². The summed E-state index contributed by atoms with van der Waals surface area (Å²) >= 11 is 0. The number of nitrogens with one attached hydrogen (secondary N) is 1. The summed E-state index contributed by atoms with van der Waals surface area (Å²) < 4.78 is 40.1. The molecule has 0 aliphatic heterocycles. The third kappa shape index (κ3) is 4.03. The van der Waals surface area contributed by atoms with Gasteiger partial charge in [0, 0.05) is 5.56 Å². The van der Waals surface area contributed by atoms with E-state index >= 15 is 0 Å². The summed E-state index contributed by atoms with van der Waals surface area (Å²) in [6.45, 7) is 1.36. The van der Waals surface area contributed by atoms with Crippen LogP contribution >= 0.6 is 0 Å². The Labute approximate surface area is 123 Å². The Balaban J connectivity index is 2.20. The van der Waals surface area contributed by atoms with Crippen LogP contribution in [-0.2, 0) is 22.4 Å². The second-order valence-corrected chi connectivity index (χ2v) is 6.47. The smallest absolute Gasteiger partial charge is 0.236 e. The van der Waals surface area contributed by atoms with Crippen molar-refractivity contribution in [3.63, 3.8) is 0 Å². The first-order valence-electron chi connectivity index (χ1n) is 6.35. The number of rotatable bonds is 5. The van der Waals surface area contributed by atoms with Gasteiger partial charge in [0.05, 0.1) is 18.0 Å². The average molecular weight is 309 g/mol. The predicted octanol–water partition coefficient (Wildman–Crippen LogP) is 2.57. The molecule has 0 unspecified atom stereocenters. The first-order valence-corrected chi connectivity index (χ1v) is 8.01. The summed E-state index contributed by atoms with van der Waals surface area (Å²) in [4.78, 5) is 0. The van der Waals surface area contributed by atoms with Gasteiger partial charge in [0.15, 0.2) is 0 Å². The van der Waals surface area contributed by atoms with E-state index in [4.69, 9.17) is 5.11 Å². The Bertz CT molecular complexity index is 744. The molecule has 0 bridgehead atoms. The summed E-state index contributed by atoms with van der Waals surface area (Å²) in [7, 11) is -3.65. The molecule has 2 rings (SSSR count). The fourth-order valence-corrected chi connectivity index (χ4v) is 3.21. The lowest BCUT2D eigenvalue weighted by molar-refractivity contribution is 0.282. The van der Waals surface area contributed by atoms with Crippen molar-refractivity contribution in [2.75, 3.05) is 4.72 Å². The maximum absolute atomic E-state index is 13.4. The molecule has 6 heteroatoms. The molecule has 0 heterocycles. The van der Waals surface area contributed by atoms with Gasteiger partial charge in [-0.05, 0) is 30.2 Å². The van der Waals surface area contributed by atoms with Crippen LogP contribution in [-0.4, -0.2) is 13.5 Å². The summed E-state index contributed by atoms with van der Waals surface area (Å²) in [5.74, 6) is -0.700. The lowest BCUT2D eigenvalue weighted by atomic mass is 10.1. The van der Waals surface area contributed by atoms with E-state index in [1.807, 2.05) is 0 Å². The van der Waals surface area contributed by atoms with E-state index in [1.165, 1.54) is 25.1 Å². The topological polar surface area (TPSA) is 66.4 Å². The highest BCUT2D eigenvalue weighted by Gasteiger charge is 2.14. The van der Waals surface area contributed by atoms with Crippen molar-refractivity contribution in [2.24, 2.45) is 0 Å². The molecule has 0 radical (unpaired) electrons. The van der Waals surface area contributed by atoms with Crippen molar-refractivity contribution in [1.82, 2.24) is 0 Å². The molecule has 0 aromatic heterocycles. The van der Waals surface area contributed by atoms with Gasteiger partial charge in [-0.2, -0.15) is 0 Å². The van der Waals surface area contributed by atoms with Gasteiger partial charge < -0.3 is 5.11 Å². The largest absolute Gasteiger partial charge is 0.392 e. The first kappa shape index (κ1) is 15.5. The molecule has 21 heavy (non-hydrogen) atoms. The minimum Gasteiger partial charge on any atom is -0.392 e. The van der Waals surface area contributed by atoms with Crippen LogP contribution in [0.1, 0.15) is 16.7 Å². The zero-order valence-electron chi connectivity index (χ0n) is 11.5. The SMILES string of the molecule is Cc1c(F)cccc1NS(=O)(=O)Cc1cccc(CO)c1. The van der Waals surface area contributed by atoms with E-state index in [9.17, 15) is 12.8 Å². The molecule has 2 aromatic carbocycles. The monoisotopic (exact) mass is 309 g/mol. The van der Waals surface area contributed by atoms with Crippen LogP contribution in [0.2, 0.25) is 0 Å². The van der Waals surface area contributed by atoms with Crippen molar-refractivity contribution in [3.8, 4) is 0 Å². The van der Waals surface area contributed by atoms with E-state index in [1.54, 1.807) is 24.3 Å². The molecule has 2 aromatic rings. The van der Waals surface area contributed by atoms with Gasteiger partial charge in [-0.3, -0.25) is 4.72 Å². The zero-order chi connectivity index (χ0) is 15.5. The van der Waals surface area contributed by atoms with Gasteiger partial charge in [-0.25, -0.2) is 12.8 Å². The number of hydrogen-bond donors (Lipinski definition) is 2. The quantitative estimate of drug-likeness (QED) is 0.892. The lowest BCUT2D eigenvalue weighted by Crippen LogP contribution is -2.16. The molecular formula is C15H16FNO3S. The molecule has 0 spiro atoms. The highest BCUT2D eigenvalue weighted by atomic mass is 32.2. The van der Waals surface area contributed by atoms with E-state index < -0.39 is 15.8 Å². The van der Waals surface area contributed by atoms with Crippen LogP contribution in [0.4, 0.5) is 10.1 Å². The standard InChI is InChI=1S/C15H16FNO3S/c1-11-14(16)6-3-7-15(11)17-21(19,20)10-13-5-2-4-12(8-13)9-18/h2-8,17-18H,9-10H2,1H3. The van der Waals surface area contributed by atoms with Crippen molar-refractivity contribution in [3.05, 3.63) is 65.0 Å². The maximum Gasteiger partial charge on any atom is 0.236 e. The van der Waals surface area contributed by atoms with Crippen LogP contribution in [0.3, 0.4) is 0 Å². The number of halogens is 1. The van der Waals surface area contributed by atoms with Crippen LogP contribution in [0.15, 0.2) is 42.5 Å². The van der Waals surface area contributed by atoms with Gasteiger partial charge in [0.2, 0.25) is 10.0 Å². The molecular weight excluding hydrogens is 293 g/mol. The van der Waals surface area contributed by atoms with E-state index in [0.717, 1.165) is 0 Å². The second-order valence-electron chi connectivity index (χ2n) is 4.75. The molecule has 0 aliphatic rings. The third-order valence-corrected chi connectivity index (χ3v) is 4.31. The van der Waals surface area contributed by atoms with Crippen LogP contribution < -0.4 is 4.72 Å². The fourth-order valence-electron chi connectivity index (χ4n) is 1.96. The number of hydrogen-bond acceptors (Lipinski definition) is 3. The molecule has 0 fully saturated rings. The Morgan fingerprint density at radius 2 is 1.81 bits per heavy atom. The second kappa shape index (κ2) is 6.24. The molecule has 4 nitrogen and oxygen atoms in total. The van der Waals surface area contributed by atoms with Gasteiger partial charge in [0.1, 0.15) is 5.82 Å². The summed E-state index contributed by atoms with van der Waals surface area (Å²) in [6.07, 6.45) is 0. The zero-order valence-corrected chi connectivity index (χ0v) is 12.3. The van der Waals surface area contributed by atoms with E-state index in [0.29, 0.717) is 11.1 Å². The third-order valence-electron chi connectivity index (χ3n) is 3.06. The molecule has 2 N–H and O–H groups in total. The minimum atomic E-state index is -3.65. The van der Waals surface area contributed by atoms with Gasteiger partial charge in [-0.1, -0.05) is 30.3 Å². The van der Waals surface area contributed by atoms with E-state index in [-0.39, 0.29) is 23.6 Å². The molecule has 0 atom stereocenters. The Kier molecular flexibility index (Phi) is 4.59. The molecule has 112 valence electrons. The van der Waals surface area contributed by atoms with Crippen LogP contribution in [0.5, 0.6) is 0 Å². The Morgan fingerprint density at radius 1 is 1.14 bits per heavy atom. The average Bonchev–Trinajstić information content (AvgIpc) is 2.43. The van der Waals surface area contributed by atoms with Crippen LogP contribution in [0.25, 0.3) is 0 Å². The summed E-state index contributed by atoms with van der Waals surface area (Å²) in [5, 5.41) is 9.06. The molecule has 0 amide bonds. The lowest BCUT2D eigenvalue weighted by Gasteiger charge is -2.11. The highest BCUT2D eigenvalue weighted by molar-refractivity contribution is 7.91. The number of aliphatic hydroxyl groups excluding tert-OH is 1. The maximum atomic E-state index is 13.4. The van der Waals surface area contributed by atoms with Crippen LogP contribution in [0, 0.1) is 12.7 Å². The van der Waals surface area contributed by atoms with Gasteiger partial charge >= 0.3 is 0 Å². The Morgan fingerprint density at radius 3 is 2.52 bits per heavy atom. The number of sulfonamides is 1. The Hall–Kier alpha value is -1.92. The minimum absolute atomic E-state index is 0.148. The number of anilines is 1. The highest BCUT2D eigenvalue weighted by Crippen LogP contribution is 2.20. The van der Waals surface area contributed by atoms with Crippen molar-refractivity contribution in [1.29, 1.82) is 0 Å². The van der Waals surface area contributed by atoms with Gasteiger partial charge in [-0.15, -0.1) is 0 Å². The normalized spacial score (nSPS) is 11.4. The first-order chi connectivity index (χ1) is 9.91. The van der Waals surface area contributed by atoms with E-state index in [2.05, 4.69) is 4.72 Å². The molecule has 0 saturated heterocycles. The van der Waals surface area contributed by atoms with Gasteiger partial charge in [0.25, 0.3) is 0 Å². The number of benzene rings is 2. The predicted molar refractivity (Wildman–Crippen MR) is 79.7 cm³/mol. The molecule has 0 aliphatic carbocycles. The summed E-state index contributed by atoms with van der Waals surface area (Å²) in [5.41, 5.74) is 1.69. The molecule has 0 saturated carbocycles. The number of aliphatic hydroxyl groups is 1. The van der Waals surface area contributed by atoms with Crippen molar-refractivity contribution < 1.29 is 17.9 Å². The summed E-state index contributed by atoms with van der Waals surface area (Å²) in [6, 6.07) is 10.9.